The Morgan fingerprint density at radius 1 is 0.434 bits per heavy atom. The molecule has 0 spiro atoms. The van der Waals surface area contributed by atoms with Crippen molar-refractivity contribution in [3.8, 4) is 0 Å². The number of hydrogen-bond acceptors (Lipinski definition) is 10. The lowest BCUT2D eigenvalue weighted by atomic mass is 9.99. The van der Waals surface area contributed by atoms with Crippen LogP contribution in [0.3, 0.4) is 0 Å². The van der Waals surface area contributed by atoms with E-state index in [1.165, 1.54) is 225 Å². The number of ether oxygens (including phenoxy) is 3. The topological polar surface area (TPSA) is 175 Å². The molecule has 83 heavy (non-hydrogen) atoms. The molecule has 7 unspecified atom stereocenters. The molecule has 11 nitrogen and oxygen atoms in total. The smallest absolute Gasteiger partial charge is 0.305 e. The van der Waals surface area contributed by atoms with E-state index in [-0.39, 0.29) is 18.5 Å². The first-order valence-electron chi connectivity index (χ1n) is 35.1. The Balaban J connectivity index is 2.00. The molecule has 0 aliphatic carbocycles. The molecular weight excluding hydrogens is 1040 g/mol. The van der Waals surface area contributed by atoms with E-state index in [0.717, 1.165) is 70.6 Å². The van der Waals surface area contributed by atoms with Gasteiger partial charge in [0.05, 0.1) is 32.0 Å². The fourth-order valence-electron chi connectivity index (χ4n) is 10.7. The van der Waals surface area contributed by atoms with Gasteiger partial charge in [-0.15, -0.1) is 0 Å². The Labute approximate surface area is 509 Å². The summed E-state index contributed by atoms with van der Waals surface area (Å²) in [5.41, 5.74) is 0. The van der Waals surface area contributed by atoms with Crippen molar-refractivity contribution in [3.05, 3.63) is 60.8 Å². The van der Waals surface area contributed by atoms with Gasteiger partial charge < -0.3 is 45.1 Å². The number of allylic oxidation sites excluding steroid dienone is 9. The van der Waals surface area contributed by atoms with Crippen molar-refractivity contribution in [2.24, 2.45) is 0 Å². The van der Waals surface area contributed by atoms with Gasteiger partial charge in [0.2, 0.25) is 5.91 Å². The zero-order valence-electron chi connectivity index (χ0n) is 53.7. The molecule has 0 aromatic heterocycles. The van der Waals surface area contributed by atoms with Crippen molar-refractivity contribution in [3.63, 3.8) is 0 Å². The van der Waals surface area contributed by atoms with E-state index >= 15 is 0 Å². The van der Waals surface area contributed by atoms with Crippen molar-refractivity contribution in [2.45, 2.75) is 365 Å². The van der Waals surface area contributed by atoms with Crippen molar-refractivity contribution in [2.75, 3.05) is 19.8 Å². The first-order valence-corrected chi connectivity index (χ1v) is 35.1. The lowest BCUT2D eigenvalue weighted by Gasteiger charge is -2.40. The second kappa shape index (κ2) is 61.0. The quantitative estimate of drug-likeness (QED) is 0.0195. The third kappa shape index (κ3) is 50.1. The van der Waals surface area contributed by atoms with Crippen LogP contribution >= 0.6 is 0 Å². The predicted molar refractivity (Wildman–Crippen MR) is 347 cm³/mol. The zero-order chi connectivity index (χ0) is 60.2. The average Bonchev–Trinajstić information content (AvgIpc) is 3.65. The van der Waals surface area contributed by atoms with Gasteiger partial charge in [-0.3, -0.25) is 9.59 Å². The van der Waals surface area contributed by atoms with Crippen LogP contribution in [0.1, 0.15) is 322 Å². The van der Waals surface area contributed by atoms with Crippen LogP contribution in [0.4, 0.5) is 0 Å². The largest absolute Gasteiger partial charge is 0.466 e. The molecule has 1 aliphatic heterocycles. The van der Waals surface area contributed by atoms with Crippen molar-refractivity contribution < 1.29 is 49.3 Å². The Hall–Kier alpha value is -2.64. The minimum Gasteiger partial charge on any atom is -0.466 e. The summed E-state index contributed by atoms with van der Waals surface area (Å²) in [5, 5.41) is 54.5. The number of hydrogen-bond donors (Lipinski definition) is 6. The monoisotopic (exact) mass is 1170 g/mol. The van der Waals surface area contributed by atoms with Gasteiger partial charge >= 0.3 is 5.97 Å². The maximum absolute atomic E-state index is 13.1. The van der Waals surface area contributed by atoms with E-state index in [9.17, 15) is 35.1 Å². The molecule has 1 amide bonds. The number of unbranched alkanes of at least 4 members (excludes halogenated alkanes) is 39. The fourth-order valence-corrected chi connectivity index (χ4v) is 10.7. The van der Waals surface area contributed by atoms with Crippen molar-refractivity contribution >= 4 is 11.9 Å². The van der Waals surface area contributed by atoms with Gasteiger partial charge in [-0.2, -0.15) is 0 Å². The van der Waals surface area contributed by atoms with Crippen LogP contribution in [0.15, 0.2) is 60.8 Å². The average molecular weight is 1170 g/mol. The van der Waals surface area contributed by atoms with Gasteiger partial charge in [-0.1, -0.05) is 267 Å². The highest BCUT2D eigenvalue weighted by atomic mass is 16.7. The van der Waals surface area contributed by atoms with Crippen LogP contribution in [-0.4, -0.2) is 100 Å². The number of aliphatic hydroxyl groups excluding tert-OH is 5. The maximum Gasteiger partial charge on any atom is 0.305 e. The highest BCUT2D eigenvalue weighted by molar-refractivity contribution is 5.76. The lowest BCUT2D eigenvalue weighted by Crippen LogP contribution is -2.60. The normalized spacial score (nSPS) is 18.5. The Kier molecular flexibility index (Phi) is 57.6. The van der Waals surface area contributed by atoms with Crippen LogP contribution in [0, 0.1) is 0 Å². The molecule has 1 saturated heterocycles. The summed E-state index contributed by atoms with van der Waals surface area (Å²) in [7, 11) is 0. The first-order chi connectivity index (χ1) is 40.7. The molecule has 1 rings (SSSR count). The number of carbonyl (C=O) groups is 2. The molecule has 1 aliphatic rings. The second-order valence-corrected chi connectivity index (χ2v) is 24.2. The fraction of sp³-hybridized carbons (Fsp3) is 0.833. The van der Waals surface area contributed by atoms with E-state index in [4.69, 9.17) is 14.2 Å². The molecule has 7 atom stereocenters. The summed E-state index contributed by atoms with van der Waals surface area (Å²) in [6.07, 6.45) is 70.7. The van der Waals surface area contributed by atoms with Gasteiger partial charge in [0.1, 0.15) is 24.4 Å². The summed E-state index contributed by atoms with van der Waals surface area (Å²) in [6.45, 7) is 4.28. The Morgan fingerprint density at radius 3 is 1.23 bits per heavy atom. The molecule has 484 valence electrons. The van der Waals surface area contributed by atoms with Crippen LogP contribution in [0.5, 0.6) is 0 Å². The molecule has 0 bridgehead atoms. The second-order valence-electron chi connectivity index (χ2n) is 24.2. The van der Waals surface area contributed by atoms with Gasteiger partial charge in [0.25, 0.3) is 0 Å². The minimum atomic E-state index is -1.58. The third-order valence-electron chi connectivity index (χ3n) is 16.3. The maximum atomic E-state index is 13.1. The van der Waals surface area contributed by atoms with Gasteiger partial charge in [-0.05, 0) is 103 Å². The summed E-state index contributed by atoms with van der Waals surface area (Å²) in [4.78, 5) is 25.1. The SMILES string of the molecule is CCCC/C=C\CCCCCCCC(=O)OCCCCCCCCCCCCCC/C=C\CCCCCCCCCCCCCCCCC(=O)NC(COC1OC(CO)C(O)C(O)C1O)C(O)/C=C/CC/C=C/CC/C=C/CCCCCC. The Morgan fingerprint density at radius 2 is 0.795 bits per heavy atom. The third-order valence-corrected chi connectivity index (χ3v) is 16.3. The molecule has 1 fully saturated rings. The predicted octanol–water partition coefficient (Wildman–Crippen LogP) is 17.7. The van der Waals surface area contributed by atoms with E-state index in [1.54, 1.807) is 6.08 Å². The van der Waals surface area contributed by atoms with Crippen LogP contribution in [0.2, 0.25) is 0 Å². The molecule has 0 saturated carbocycles. The summed E-state index contributed by atoms with van der Waals surface area (Å²) in [6, 6.07) is -0.835. The molecule has 11 heteroatoms. The van der Waals surface area contributed by atoms with Crippen LogP contribution in [-0.2, 0) is 23.8 Å². The Bertz CT molecular complexity index is 1560. The minimum absolute atomic E-state index is 0.00306. The summed E-state index contributed by atoms with van der Waals surface area (Å²) >= 11 is 0. The zero-order valence-corrected chi connectivity index (χ0v) is 53.7. The van der Waals surface area contributed by atoms with E-state index in [0.29, 0.717) is 19.4 Å². The number of nitrogens with one attached hydrogen (secondary N) is 1. The van der Waals surface area contributed by atoms with Crippen molar-refractivity contribution in [1.82, 2.24) is 5.32 Å². The summed E-state index contributed by atoms with van der Waals surface area (Å²) < 4.78 is 16.7. The highest BCUT2D eigenvalue weighted by Gasteiger charge is 2.44. The molecule has 6 N–H and O–H groups in total. The molecule has 0 aromatic rings. The van der Waals surface area contributed by atoms with Gasteiger partial charge in [0.15, 0.2) is 6.29 Å². The first kappa shape index (κ1) is 78.4. The number of carbonyl (C=O) groups excluding carboxylic acids is 2. The van der Waals surface area contributed by atoms with E-state index < -0.39 is 49.5 Å². The van der Waals surface area contributed by atoms with Crippen LogP contribution < -0.4 is 5.32 Å². The van der Waals surface area contributed by atoms with Crippen LogP contribution in [0.25, 0.3) is 0 Å². The number of esters is 1. The number of aliphatic hydroxyl groups is 5. The van der Waals surface area contributed by atoms with E-state index in [2.05, 4.69) is 67.8 Å². The standard InChI is InChI=1S/C72H131NO10/c1-3-5-7-9-11-13-15-16-35-39-42-46-50-54-58-65(75)64(63-82-72-71(80)70(79)69(78)66(62-74)83-72)73-67(76)59-55-51-47-43-40-36-33-31-29-27-25-23-21-19-17-18-20-22-24-26-28-30-32-34-37-41-45-49-53-57-61-81-68(77)60-56-52-48-44-38-14-12-10-8-6-4-2/h10,12-13,15,18,20,39,42,54,58,64-66,69-72,74-75,78-80H,3-9,11,14,16-17,19,21-38,40-41,43-53,55-57,59-63H2,1-2H3,(H,73,76)/b12-10-,15-13+,20-18-,42-39+,58-54+. The highest BCUT2D eigenvalue weighted by Crippen LogP contribution is 2.23. The van der Waals surface area contributed by atoms with Gasteiger partial charge in [0, 0.05) is 12.8 Å². The number of amides is 1. The number of rotatable bonds is 61. The van der Waals surface area contributed by atoms with Crippen molar-refractivity contribution in [1.29, 1.82) is 0 Å². The summed E-state index contributed by atoms with van der Waals surface area (Å²) in [5.74, 6) is -0.198. The molecule has 0 aromatic carbocycles. The molecule has 1 heterocycles. The molecule has 0 radical (unpaired) electrons. The lowest BCUT2D eigenvalue weighted by molar-refractivity contribution is -0.302. The van der Waals surface area contributed by atoms with E-state index in [1.807, 2.05) is 6.08 Å². The molecular formula is C72H131NO10. The van der Waals surface area contributed by atoms with Gasteiger partial charge in [-0.25, -0.2) is 0 Å².